The van der Waals surface area contributed by atoms with Crippen molar-refractivity contribution in [1.82, 2.24) is 9.80 Å². The minimum absolute atomic E-state index is 0.0303. The molecule has 0 saturated carbocycles. The summed E-state index contributed by atoms with van der Waals surface area (Å²) in [5, 5.41) is 0.930. The molecule has 23 heavy (non-hydrogen) atoms. The molecular formula is C16H18Cl2N2O3. The van der Waals surface area contributed by atoms with Gasteiger partial charge in [0, 0.05) is 35.7 Å². The highest BCUT2D eigenvalue weighted by atomic mass is 35.5. The van der Waals surface area contributed by atoms with Crippen molar-refractivity contribution in [3.63, 3.8) is 0 Å². The summed E-state index contributed by atoms with van der Waals surface area (Å²) in [6.45, 7) is 3.39. The standard InChI is InChI=1S/C16H18Cl2N2O3/c1-9-13(17)3-10(4-14(9)18)16(22)20-5-11-7-23-8-12(6-20)19(2)15(11)21/h3-4,11-12H,5-8H2,1-2H3/t11-,12+/m1/s1. The van der Waals surface area contributed by atoms with Crippen molar-refractivity contribution in [3.8, 4) is 0 Å². The monoisotopic (exact) mass is 356 g/mol. The van der Waals surface area contributed by atoms with E-state index < -0.39 is 0 Å². The Kier molecular flexibility index (Phi) is 4.54. The molecule has 0 unspecified atom stereocenters. The number of benzene rings is 1. The molecule has 2 fully saturated rings. The van der Waals surface area contributed by atoms with Gasteiger partial charge in [-0.2, -0.15) is 0 Å². The zero-order valence-electron chi connectivity index (χ0n) is 13.0. The number of likely N-dealkylation sites (N-methyl/N-ethyl adjacent to an activating group) is 1. The van der Waals surface area contributed by atoms with E-state index in [1.165, 1.54) is 0 Å². The lowest BCUT2D eigenvalue weighted by atomic mass is 10.1. The van der Waals surface area contributed by atoms with Gasteiger partial charge in [0.2, 0.25) is 5.91 Å². The van der Waals surface area contributed by atoms with Crippen molar-refractivity contribution in [2.75, 3.05) is 33.4 Å². The Morgan fingerprint density at radius 3 is 2.52 bits per heavy atom. The fraction of sp³-hybridized carbons (Fsp3) is 0.500. The molecule has 0 radical (unpaired) electrons. The van der Waals surface area contributed by atoms with Crippen LogP contribution >= 0.6 is 23.2 Å². The predicted molar refractivity (Wildman–Crippen MR) is 88.0 cm³/mol. The van der Waals surface area contributed by atoms with E-state index in [-0.39, 0.29) is 23.8 Å². The van der Waals surface area contributed by atoms with E-state index in [0.717, 1.165) is 5.56 Å². The Morgan fingerprint density at radius 1 is 1.22 bits per heavy atom. The molecule has 0 aromatic heterocycles. The molecule has 5 nitrogen and oxygen atoms in total. The van der Waals surface area contributed by atoms with Gasteiger partial charge in [-0.25, -0.2) is 0 Å². The minimum atomic E-state index is -0.326. The summed E-state index contributed by atoms with van der Waals surface area (Å²) in [4.78, 5) is 28.6. The first kappa shape index (κ1) is 16.6. The Morgan fingerprint density at radius 2 is 1.87 bits per heavy atom. The lowest BCUT2D eigenvalue weighted by Gasteiger charge is -2.29. The molecule has 2 bridgehead atoms. The molecule has 3 rings (SSSR count). The number of hydrogen-bond acceptors (Lipinski definition) is 3. The fourth-order valence-corrected chi connectivity index (χ4v) is 3.50. The highest BCUT2D eigenvalue weighted by Gasteiger charge is 2.39. The highest BCUT2D eigenvalue weighted by Crippen LogP contribution is 2.27. The summed E-state index contributed by atoms with van der Waals surface area (Å²) in [6, 6.07) is 3.14. The van der Waals surface area contributed by atoms with Crippen LogP contribution in [-0.4, -0.2) is 61.0 Å². The molecule has 2 amide bonds. The van der Waals surface area contributed by atoms with E-state index >= 15 is 0 Å². The second-order valence-electron chi connectivity index (χ2n) is 6.11. The van der Waals surface area contributed by atoms with Crippen LogP contribution < -0.4 is 0 Å². The van der Waals surface area contributed by atoms with Gasteiger partial charge in [0.25, 0.3) is 5.91 Å². The maximum atomic E-state index is 12.9. The third-order valence-electron chi connectivity index (χ3n) is 4.56. The van der Waals surface area contributed by atoms with Crippen molar-refractivity contribution >= 4 is 35.0 Å². The number of hydrogen-bond donors (Lipinski definition) is 0. The van der Waals surface area contributed by atoms with Gasteiger partial charge in [0.1, 0.15) is 0 Å². The molecule has 7 heteroatoms. The first-order chi connectivity index (χ1) is 10.9. The van der Waals surface area contributed by atoms with Crippen LogP contribution in [0.15, 0.2) is 12.1 Å². The van der Waals surface area contributed by atoms with Gasteiger partial charge in [-0.3, -0.25) is 9.59 Å². The number of amides is 2. The van der Waals surface area contributed by atoms with Crippen LogP contribution in [0.1, 0.15) is 15.9 Å². The first-order valence-electron chi connectivity index (χ1n) is 7.48. The van der Waals surface area contributed by atoms with Gasteiger partial charge >= 0.3 is 0 Å². The summed E-state index contributed by atoms with van der Waals surface area (Å²) >= 11 is 12.3. The van der Waals surface area contributed by atoms with Crippen LogP contribution in [0.4, 0.5) is 0 Å². The third kappa shape index (κ3) is 3.05. The number of halogens is 2. The molecule has 2 aliphatic heterocycles. The normalized spacial score (nSPS) is 24.6. The largest absolute Gasteiger partial charge is 0.378 e. The SMILES string of the molecule is Cc1c(Cl)cc(C(=O)N2C[C@@H]3COC[C@H](C2)N(C)C3=O)cc1Cl. The van der Waals surface area contributed by atoms with Crippen molar-refractivity contribution in [3.05, 3.63) is 33.3 Å². The minimum Gasteiger partial charge on any atom is -0.378 e. The number of fused-ring (bicyclic) bond motifs is 3. The molecule has 0 N–H and O–H groups in total. The van der Waals surface area contributed by atoms with E-state index in [1.54, 1.807) is 35.9 Å². The second kappa shape index (κ2) is 6.30. The summed E-state index contributed by atoms with van der Waals surface area (Å²) in [5.41, 5.74) is 1.20. The molecule has 1 aromatic carbocycles. The molecule has 0 spiro atoms. The van der Waals surface area contributed by atoms with Gasteiger partial charge < -0.3 is 14.5 Å². The summed E-state index contributed by atoms with van der Waals surface area (Å²) < 4.78 is 5.55. The molecule has 1 aromatic rings. The maximum absolute atomic E-state index is 12.9. The van der Waals surface area contributed by atoms with Crippen molar-refractivity contribution in [2.24, 2.45) is 5.92 Å². The molecule has 0 aliphatic carbocycles. The molecule has 2 heterocycles. The Hall–Kier alpha value is -1.30. The Balaban J connectivity index is 1.90. The van der Waals surface area contributed by atoms with Crippen molar-refractivity contribution in [2.45, 2.75) is 13.0 Å². The van der Waals surface area contributed by atoms with Crippen molar-refractivity contribution < 1.29 is 14.3 Å². The van der Waals surface area contributed by atoms with E-state index in [9.17, 15) is 9.59 Å². The zero-order chi connectivity index (χ0) is 16.7. The smallest absolute Gasteiger partial charge is 0.254 e. The quantitative estimate of drug-likeness (QED) is 0.775. The van der Waals surface area contributed by atoms with Gasteiger partial charge in [-0.15, -0.1) is 0 Å². The Bertz CT molecular complexity index is 642. The van der Waals surface area contributed by atoms with Gasteiger partial charge in [-0.05, 0) is 24.6 Å². The van der Waals surface area contributed by atoms with Crippen molar-refractivity contribution in [1.29, 1.82) is 0 Å². The van der Waals surface area contributed by atoms with Crippen LogP contribution in [-0.2, 0) is 9.53 Å². The molecule has 2 aliphatic rings. The molecular weight excluding hydrogens is 339 g/mol. The lowest BCUT2D eigenvalue weighted by Crippen LogP contribution is -2.45. The Labute approximate surface area is 145 Å². The summed E-state index contributed by atoms with van der Waals surface area (Å²) in [6.07, 6.45) is 0. The van der Waals surface area contributed by atoms with Crippen LogP contribution in [0.25, 0.3) is 0 Å². The fourth-order valence-electron chi connectivity index (χ4n) is 3.02. The average molecular weight is 357 g/mol. The van der Waals surface area contributed by atoms with E-state index in [1.807, 2.05) is 0 Å². The highest BCUT2D eigenvalue weighted by molar-refractivity contribution is 6.36. The van der Waals surface area contributed by atoms with Crippen LogP contribution in [0.2, 0.25) is 10.0 Å². The molecule has 2 atom stereocenters. The number of ether oxygens (including phenoxy) is 1. The van der Waals surface area contributed by atoms with E-state index in [4.69, 9.17) is 27.9 Å². The van der Waals surface area contributed by atoms with Crippen LogP contribution in [0.5, 0.6) is 0 Å². The van der Waals surface area contributed by atoms with Gasteiger partial charge in [-0.1, -0.05) is 23.2 Å². The lowest BCUT2D eigenvalue weighted by molar-refractivity contribution is -0.133. The van der Waals surface area contributed by atoms with E-state index in [0.29, 0.717) is 41.9 Å². The zero-order valence-corrected chi connectivity index (χ0v) is 14.5. The number of nitrogens with zero attached hydrogens (tertiary/aromatic N) is 2. The number of carbonyl (C=O) groups excluding carboxylic acids is 2. The van der Waals surface area contributed by atoms with Crippen LogP contribution in [0.3, 0.4) is 0 Å². The first-order valence-corrected chi connectivity index (χ1v) is 8.23. The second-order valence-corrected chi connectivity index (χ2v) is 6.93. The molecule has 2 saturated heterocycles. The van der Waals surface area contributed by atoms with Gasteiger partial charge in [0.05, 0.1) is 25.2 Å². The van der Waals surface area contributed by atoms with E-state index in [2.05, 4.69) is 0 Å². The number of rotatable bonds is 1. The third-order valence-corrected chi connectivity index (χ3v) is 5.35. The maximum Gasteiger partial charge on any atom is 0.254 e. The average Bonchev–Trinajstić information content (AvgIpc) is 2.69. The molecule has 124 valence electrons. The summed E-state index contributed by atoms with van der Waals surface area (Å²) in [5.74, 6) is -0.454. The predicted octanol–water partition coefficient (Wildman–Crippen LogP) is 2.23. The number of carbonyl (C=O) groups is 2. The van der Waals surface area contributed by atoms with Gasteiger partial charge in [0.15, 0.2) is 0 Å². The van der Waals surface area contributed by atoms with Crippen LogP contribution in [0, 0.1) is 12.8 Å². The summed E-state index contributed by atoms with van der Waals surface area (Å²) in [7, 11) is 1.77. The topological polar surface area (TPSA) is 49.9 Å².